The topological polar surface area (TPSA) is 71.8 Å². The minimum absolute atomic E-state index is 0.0137. The molecule has 2 aromatic heterocycles. The zero-order chi connectivity index (χ0) is 15.1. The fraction of sp³-hybridized carbons (Fsp3) is 0.400. The summed E-state index contributed by atoms with van der Waals surface area (Å²) in [6.07, 6.45) is 5.96. The van der Waals surface area contributed by atoms with Crippen LogP contribution < -0.4 is 10.6 Å². The second kappa shape index (κ2) is 7.42. The highest BCUT2D eigenvalue weighted by molar-refractivity contribution is 5.80. The number of hydrogen-bond acceptors (Lipinski definition) is 4. The van der Waals surface area contributed by atoms with Crippen LogP contribution >= 0.6 is 0 Å². The quantitative estimate of drug-likeness (QED) is 0.761. The molecule has 0 aromatic carbocycles. The van der Waals surface area contributed by atoms with E-state index < -0.39 is 0 Å². The van der Waals surface area contributed by atoms with Gasteiger partial charge in [0.1, 0.15) is 11.9 Å². The Morgan fingerprint density at radius 3 is 2.90 bits per heavy atom. The highest BCUT2D eigenvalue weighted by atomic mass is 16.2. The molecule has 1 amide bonds. The molecule has 0 unspecified atom stereocenters. The predicted octanol–water partition coefficient (Wildman–Crippen LogP) is 1.77. The molecule has 6 nitrogen and oxygen atoms in total. The fourth-order valence-corrected chi connectivity index (χ4v) is 2.08. The largest absolute Gasteiger partial charge is 0.368 e. The maximum absolute atomic E-state index is 12.1. The third-order valence-corrected chi connectivity index (χ3v) is 3.18. The average Bonchev–Trinajstić information content (AvgIpc) is 2.98. The Morgan fingerprint density at radius 1 is 1.38 bits per heavy atom. The van der Waals surface area contributed by atoms with Crippen molar-refractivity contribution in [2.75, 3.05) is 18.4 Å². The van der Waals surface area contributed by atoms with Crippen molar-refractivity contribution in [2.45, 2.75) is 26.3 Å². The lowest BCUT2D eigenvalue weighted by Crippen LogP contribution is -2.35. The number of nitrogens with one attached hydrogen (secondary N) is 2. The SMILES string of the molecule is CC[C@@H](C(=O)NCCNc1cc(C)ccn1)n1cccn1. The van der Waals surface area contributed by atoms with Gasteiger partial charge < -0.3 is 10.6 Å². The molecular formula is C15H21N5O. The summed E-state index contributed by atoms with van der Waals surface area (Å²) in [4.78, 5) is 16.3. The molecule has 6 heteroatoms. The molecule has 2 aromatic rings. The monoisotopic (exact) mass is 287 g/mol. The molecule has 2 N–H and O–H groups in total. The van der Waals surface area contributed by atoms with Crippen molar-refractivity contribution in [3.05, 3.63) is 42.4 Å². The Morgan fingerprint density at radius 2 is 2.24 bits per heavy atom. The number of carbonyl (C=O) groups excluding carboxylic acids is 1. The van der Waals surface area contributed by atoms with Gasteiger partial charge in [0, 0.05) is 31.7 Å². The van der Waals surface area contributed by atoms with Gasteiger partial charge in [-0.3, -0.25) is 9.48 Å². The zero-order valence-corrected chi connectivity index (χ0v) is 12.4. The van der Waals surface area contributed by atoms with Crippen LogP contribution in [0, 0.1) is 6.92 Å². The first kappa shape index (κ1) is 15.0. The van der Waals surface area contributed by atoms with E-state index in [-0.39, 0.29) is 11.9 Å². The van der Waals surface area contributed by atoms with Crippen molar-refractivity contribution in [1.82, 2.24) is 20.1 Å². The van der Waals surface area contributed by atoms with Gasteiger partial charge in [-0.1, -0.05) is 6.92 Å². The Hall–Kier alpha value is -2.37. The van der Waals surface area contributed by atoms with Gasteiger partial charge in [-0.2, -0.15) is 5.10 Å². The van der Waals surface area contributed by atoms with Gasteiger partial charge in [0.2, 0.25) is 5.91 Å². The van der Waals surface area contributed by atoms with Gasteiger partial charge in [0.05, 0.1) is 0 Å². The maximum atomic E-state index is 12.1. The highest BCUT2D eigenvalue weighted by Gasteiger charge is 2.17. The van der Waals surface area contributed by atoms with Crippen LogP contribution in [-0.4, -0.2) is 33.8 Å². The van der Waals surface area contributed by atoms with E-state index in [1.807, 2.05) is 38.2 Å². The number of pyridine rings is 1. The van der Waals surface area contributed by atoms with E-state index in [9.17, 15) is 4.79 Å². The Kier molecular flexibility index (Phi) is 5.31. The smallest absolute Gasteiger partial charge is 0.244 e. The molecule has 0 aliphatic carbocycles. The number of rotatable bonds is 7. The second-order valence-electron chi connectivity index (χ2n) is 4.85. The third kappa shape index (κ3) is 4.30. The van der Waals surface area contributed by atoms with Gasteiger partial charge in [-0.05, 0) is 37.1 Å². The number of nitrogens with zero attached hydrogens (tertiary/aromatic N) is 3. The maximum Gasteiger partial charge on any atom is 0.244 e. The molecule has 2 rings (SSSR count). The summed E-state index contributed by atoms with van der Waals surface area (Å²) in [7, 11) is 0. The van der Waals surface area contributed by atoms with E-state index in [2.05, 4.69) is 20.7 Å². The van der Waals surface area contributed by atoms with Crippen LogP contribution in [0.25, 0.3) is 0 Å². The summed E-state index contributed by atoms with van der Waals surface area (Å²) in [6, 6.07) is 5.49. The number of hydrogen-bond donors (Lipinski definition) is 2. The minimum Gasteiger partial charge on any atom is -0.368 e. The molecule has 0 saturated heterocycles. The molecule has 0 bridgehead atoms. The lowest BCUT2D eigenvalue weighted by atomic mass is 10.2. The van der Waals surface area contributed by atoms with Gasteiger partial charge in [0.25, 0.3) is 0 Å². The van der Waals surface area contributed by atoms with E-state index in [1.165, 1.54) is 0 Å². The van der Waals surface area contributed by atoms with E-state index in [1.54, 1.807) is 17.1 Å². The summed E-state index contributed by atoms with van der Waals surface area (Å²) in [5, 5.41) is 10.2. The van der Waals surface area contributed by atoms with E-state index >= 15 is 0 Å². The molecule has 0 aliphatic heterocycles. The summed E-state index contributed by atoms with van der Waals surface area (Å²) < 4.78 is 1.69. The zero-order valence-electron chi connectivity index (χ0n) is 12.4. The number of anilines is 1. The third-order valence-electron chi connectivity index (χ3n) is 3.18. The summed E-state index contributed by atoms with van der Waals surface area (Å²) >= 11 is 0. The van der Waals surface area contributed by atoms with Crippen LogP contribution in [0.4, 0.5) is 5.82 Å². The first-order valence-electron chi connectivity index (χ1n) is 7.14. The predicted molar refractivity (Wildman–Crippen MR) is 82.0 cm³/mol. The second-order valence-corrected chi connectivity index (χ2v) is 4.85. The van der Waals surface area contributed by atoms with Gasteiger partial charge in [0.15, 0.2) is 0 Å². The molecule has 21 heavy (non-hydrogen) atoms. The summed E-state index contributed by atoms with van der Waals surface area (Å²) in [6.45, 7) is 5.18. The number of carbonyl (C=O) groups is 1. The van der Waals surface area contributed by atoms with Crippen LogP contribution in [0.2, 0.25) is 0 Å². The van der Waals surface area contributed by atoms with Crippen LogP contribution in [0.3, 0.4) is 0 Å². The summed E-state index contributed by atoms with van der Waals surface area (Å²) in [5.41, 5.74) is 1.15. The van der Waals surface area contributed by atoms with Crippen molar-refractivity contribution in [3.63, 3.8) is 0 Å². The molecule has 0 aliphatic rings. The normalized spacial score (nSPS) is 11.9. The van der Waals surface area contributed by atoms with E-state index in [0.29, 0.717) is 19.5 Å². The van der Waals surface area contributed by atoms with Crippen molar-refractivity contribution >= 4 is 11.7 Å². The molecule has 0 spiro atoms. The van der Waals surface area contributed by atoms with Crippen molar-refractivity contribution in [3.8, 4) is 0 Å². The Labute approximate surface area is 124 Å². The molecule has 1 atom stereocenters. The minimum atomic E-state index is -0.253. The first-order valence-corrected chi connectivity index (χ1v) is 7.14. The molecule has 0 fully saturated rings. The lowest BCUT2D eigenvalue weighted by molar-refractivity contribution is -0.124. The van der Waals surface area contributed by atoms with Crippen molar-refractivity contribution in [1.29, 1.82) is 0 Å². The van der Waals surface area contributed by atoms with Gasteiger partial charge >= 0.3 is 0 Å². The van der Waals surface area contributed by atoms with Crippen molar-refractivity contribution < 1.29 is 4.79 Å². The molecule has 0 saturated carbocycles. The summed E-state index contributed by atoms with van der Waals surface area (Å²) in [5.74, 6) is 0.809. The van der Waals surface area contributed by atoms with Gasteiger partial charge in [-0.15, -0.1) is 0 Å². The first-order chi connectivity index (χ1) is 10.2. The highest BCUT2D eigenvalue weighted by Crippen LogP contribution is 2.09. The Balaban J connectivity index is 1.76. The van der Waals surface area contributed by atoms with Crippen molar-refractivity contribution in [2.24, 2.45) is 0 Å². The number of aryl methyl sites for hydroxylation is 1. The average molecular weight is 287 g/mol. The number of aromatic nitrogens is 3. The van der Waals surface area contributed by atoms with Crippen LogP contribution in [0.15, 0.2) is 36.8 Å². The number of amides is 1. The van der Waals surface area contributed by atoms with Crippen LogP contribution in [-0.2, 0) is 4.79 Å². The van der Waals surface area contributed by atoms with E-state index in [4.69, 9.17) is 0 Å². The molecule has 112 valence electrons. The fourth-order valence-electron chi connectivity index (χ4n) is 2.08. The van der Waals surface area contributed by atoms with Crippen LogP contribution in [0.5, 0.6) is 0 Å². The standard InChI is InChI=1S/C15H21N5O/c1-3-13(20-10-4-6-19-20)15(21)18-9-8-17-14-11-12(2)5-7-16-14/h4-7,10-11,13H,3,8-9H2,1-2H3,(H,16,17)(H,18,21)/t13-/m0/s1. The van der Waals surface area contributed by atoms with Gasteiger partial charge in [-0.25, -0.2) is 4.98 Å². The Bertz CT molecular complexity index is 567. The van der Waals surface area contributed by atoms with E-state index in [0.717, 1.165) is 11.4 Å². The lowest BCUT2D eigenvalue weighted by Gasteiger charge is -2.15. The molecular weight excluding hydrogens is 266 g/mol. The molecule has 2 heterocycles. The van der Waals surface area contributed by atoms with Crippen LogP contribution in [0.1, 0.15) is 24.9 Å². The molecule has 0 radical (unpaired) electrons.